The zero-order valence-corrected chi connectivity index (χ0v) is 18.3. The van der Waals surface area contributed by atoms with E-state index in [2.05, 4.69) is 32.2 Å². The Labute approximate surface area is 177 Å². The molecule has 1 amide bonds. The van der Waals surface area contributed by atoms with Crippen molar-refractivity contribution in [1.82, 2.24) is 30.7 Å². The number of nitrogens with one attached hydrogen (secondary N) is 3. The number of para-hydroxylation sites is 1. The van der Waals surface area contributed by atoms with Crippen molar-refractivity contribution < 1.29 is 9.53 Å². The lowest BCUT2D eigenvalue weighted by Gasteiger charge is -2.29. The third kappa shape index (κ3) is 4.90. The molecule has 0 saturated heterocycles. The number of ether oxygens (including phenoxy) is 1. The fourth-order valence-electron chi connectivity index (χ4n) is 3.27. The first-order valence-electron chi connectivity index (χ1n) is 10.2. The van der Waals surface area contributed by atoms with Gasteiger partial charge in [-0.15, -0.1) is 10.2 Å². The Kier molecular flexibility index (Phi) is 6.59. The first-order valence-corrected chi connectivity index (χ1v) is 10.2. The minimum atomic E-state index is -0.591. The summed E-state index contributed by atoms with van der Waals surface area (Å²) in [6.07, 6.45) is 0.819. The predicted octanol–water partition coefficient (Wildman–Crippen LogP) is 1.45. The monoisotopic (exact) mass is 413 g/mol. The third-order valence-electron chi connectivity index (χ3n) is 5.37. The molecule has 162 valence electrons. The van der Waals surface area contributed by atoms with Crippen molar-refractivity contribution in [3.8, 4) is 5.75 Å². The second kappa shape index (κ2) is 9.15. The third-order valence-corrected chi connectivity index (χ3v) is 5.37. The Balaban J connectivity index is 1.79. The van der Waals surface area contributed by atoms with Crippen LogP contribution in [-0.2, 0) is 18.4 Å². The zero-order chi connectivity index (χ0) is 21.7. The molecular weight excluding hydrogens is 382 g/mol. The Hall–Kier alpha value is -3.10. The molecule has 9 heteroatoms. The Morgan fingerprint density at radius 1 is 1.33 bits per heavy atom. The van der Waals surface area contributed by atoms with Crippen LogP contribution in [0.2, 0.25) is 0 Å². The van der Waals surface area contributed by atoms with E-state index in [1.807, 2.05) is 50.6 Å². The van der Waals surface area contributed by atoms with E-state index >= 15 is 0 Å². The van der Waals surface area contributed by atoms with Crippen molar-refractivity contribution in [1.29, 1.82) is 0 Å². The van der Waals surface area contributed by atoms with Crippen LogP contribution < -0.4 is 20.7 Å². The molecule has 0 radical (unpaired) electrons. The predicted molar refractivity (Wildman–Crippen MR) is 115 cm³/mol. The van der Waals surface area contributed by atoms with Crippen molar-refractivity contribution in [2.24, 2.45) is 17.5 Å². The first-order chi connectivity index (χ1) is 14.3. The van der Waals surface area contributed by atoms with Crippen molar-refractivity contribution >= 4 is 11.9 Å². The van der Waals surface area contributed by atoms with Gasteiger partial charge in [0.25, 0.3) is 0 Å². The number of carbonyl (C=O) groups is 1. The topological polar surface area (TPSA) is 105 Å². The molecular formula is C21H31N7O2. The summed E-state index contributed by atoms with van der Waals surface area (Å²) in [6.45, 7) is 7.13. The summed E-state index contributed by atoms with van der Waals surface area (Å²) in [5.41, 5.74) is 0.505. The number of nitrogens with zero attached hydrogens (tertiary/aromatic N) is 4. The number of benzene rings is 1. The molecule has 3 rings (SSSR count). The highest BCUT2D eigenvalue weighted by molar-refractivity contribution is 5.84. The van der Waals surface area contributed by atoms with E-state index in [0.717, 1.165) is 29.4 Å². The lowest BCUT2D eigenvalue weighted by molar-refractivity contribution is -0.128. The fourth-order valence-corrected chi connectivity index (χ4v) is 3.27. The van der Waals surface area contributed by atoms with Gasteiger partial charge in [0.1, 0.15) is 18.1 Å². The number of guanidine groups is 1. The molecule has 1 aromatic carbocycles. The molecule has 30 heavy (non-hydrogen) atoms. The van der Waals surface area contributed by atoms with Crippen molar-refractivity contribution in [2.75, 3.05) is 20.2 Å². The molecule has 2 heterocycles. The van der Waals surface area contributed by atoms with Crippen LogP contribution in [0, 0.1) is 12.3 Å². The van der Waals surface area contributed by atoms with E-state index in [0.29, 0.717) is 25.7 Å². The SMILES string of the molecule is CNC(=O)C(C)(C)CNC(=NCc1nnc(C)n1C)NC1CCOc2ccccc21. The van der Waals surface area contributed by atoms with Crippen molar-refractivity contribution in [3.05, 3.63) is 41.5 Å². The highest BCUT2D eigenvalue weighted by Crippen LogP contribution is 2.31. The maximum Gasteiger partial charge on any atom is 0.227 e. The quantitative estimate of drug-likeness (QED) is 0.489. The summed E-state index contributed by atoms with van der Waals surface area (Å²) >= 11 is 0. The van der Waals surface area contributed by atoms with Crippen LogP contribution in [-0.4, -0.2) is 46.8 Å². The highest BCUT2D eigenvalue weighted by atomic mass is 16.5. The van der Waals surface area contributed by atoms with E-state index in [4.69, 9.17) is 9.73 Å². The van der Waals surface area contributed by atoms with Gasteiger partial charge in [-0.05, 0) is 26.8 Å². The second-order valence-corrected chi connectivity index (χ2v) is 8.08. The summed E-state index contributed by atoms with van der Waals surface area (Å²) in [5.74, 6) is 3.08. The molecule has 9 nitrogen and oxygen atoms in total. The molecule has 1 atom stereocenters. The van der Waals surface area contributed by atoms with Gasteiger partial charge in [-0.3, -0.25) is 4.79 Å². The molecule has 0 bridgehead atoms. The van der Waals surface area contributed by atoms with E-state index in [-0.39, 0.29) is 11.9 Å². The summed E-state index contributed by atoms with van der Waals surface area (Å²) in [6, 6.07) is 8.07. The van der Waals surface area contributed by atoms with Crippen LogP contribution in [0.3, 0.4) is 0 Å². The molecule has 1 aliphatic heterocycles. The van der Waals surface area contributed by atoms with Crippen LogP contribution in [0.4, 0.5) is 0 Å². The number of aryl methyl sites for hydroxylation is 1. The number of fused-ring (bicyclic) bond motifs is 1. The normalized spacial score (nSPS) is 16.4. The summed E-state index contributed by atoms with van der Waals surface area (Å²) in [4.78, 5) is 16.9. The highest BCUT2D eigenvalue weighted by Gasteiger charge is 2.28. The maximum absolute atomic E-state index is 12.2. The number of aromatic nitrogens is 3. The van der Waals surface area contributed by atoms with Gasteiger partial charge in [0.2, 0.25) is 5.91 Å². The van der Waals surface area contributed by atoms with Gasteiger partial charge in [-0.1, -0.05) is 18.2 Å². The molecule has 2 aromatic rings. The van der Waals surface area contributed by atoms with Gasteiger partial charge in [0.05, 0.1) is 18.1 Å². The van der Waals surface area contributed by atoms with E-state index in [1.165, 1.54) is 0 Å². The lowest BCUT2D eigenvalue weighted by Crippen LogP contribution is -2.48. The number of aliphatic imine (C=N–C) groups is 1. The average Bonchev–Trinajstić information content (AvgIpc) is 3.07. The van der Waals surface area contributed by atoms with Crippen molar-refractivity contribution in [2.45, 2.75) is 39.8 Å². The Bertz CT molecular complexity index is 920. The number of amides is 1. The van der Waals surface area contributed by atoms with Crippen LogP contribution in [0.5, 0.6) is 5.75 Å². The summed E-state index contributed by atoms with van der Waals surface area (Å²) in [5, 5.41) is 17.8. The molecule has 0 fully saturated rings. The minimum Gasteiger partial charge on any atom is -0.493 e. The smallest absolute Gasteiger partial charge is 0.227 e. The molecule has 1 unspecified atom stereocenters. The lowest BCUT2D eigenvalue weighted by atomic mass is 9.92. The molecule has 0 saturated carbocycles. The first kappa shape index (κ1) is 21.6. The number of carbonyl (C=O) groups excluding carboxylic acids is 1. The fraction of sp³-hybridized carbons (Fsp3) is 0.524. The van der Waals surface area contributed by atoms with Crippen LogP contribution in [0.1, 0.15) is 43.5 Å². The van der Waals surface area contributed by atoms with Gasteiger partial charge in [-0.2, -0.15) is 0 Å². The Morgan fingerprint density at radius 2 is 2.10 bits per heavy atom. The van der Waals surface area contributed by atoms with Crippen LogP contribution in [0.15, 0.2) is 29.3 Å². The molecule has 1 aliphatic rings. The number of hydrogen-bond donors (Lipinski definition) is 3. The van der Waals surface area contributed by atoms with Gasteiger partial charge in [0.15, 0.2) is 11.8 Å². The second-order valence-electron chi connectivity index (χ2n) is 8.08. The summed E-state index contributed by atoms with van der Waals surface area (Å²) < 4.78 is 7.68. The number of hydrogen-bond acceptors (Lipinski definition) is 5. The van der Waals surface area contributed by atoms with E-state index in [1.54, 1.807) is 7.05 Å². The van der Waals surface area contributed by atoms with E-state index < -0.39 is 5.41 Å². The van der Waals surface area contributed by atoms with Gasteiger partial charge >= 0.3 is 0 Å². The zero-order valence-electron chi connectivity index (χ0n) is 18.3. The van der Waals surface area contributed by atoms with Gasteiger partial charge < -0.3 is 25.3 Å². The maximum atomic E-state index is 12.2. The minimum absolute atomic E-state index is 0.0327. The van der Waals surface area contributed by atoms with E-state index in [9.17, 15) is 4.79 Å². The van der Waals surface area contributed by atoms with Crippen LogP contribution in [0.25, 0.3) is 0 Å². The average molecular weight is 414 g/mol. The largest absolute Gasteiger partial charge is 0.493 e. The molecule has 1 aromatic heterocycles. The standard InChI is InChI=1S/C21H31N7O2/c1-14-26-27-18(28(14)5)12-23-20(24-13-21(2,3)19(29)22-4)25-16-10-11-30-17-9-7-6-8-15(16)17/h6-9,16H,10-13H2,1-5H3,(H,22,29)(H2,23,24,25). The molecule has 0 spiro atoms. The number of rotatable bonds is 6. The summed E-state index contributed by atoms with van der Waals surface area (Å²) in [7, 11) is 3.57. The Morgan fingerprint density at radius 3 is 2.80 bits per heavy atom. The van der Waals surface area contributed by atoms with Crippen molar-refractivity contribution in [3.63, 3.8) is 0 Å². The van der Waals surface area contributed by atoms with Gasteiger partial charge in [0, 0.05) is 32.6 Å². The van der Waals surface area contributed by atoms with Gasteiger partial charge in [-0.25, -0.2) is 4.99 Å². The molecule has 3 N–H and O–H groups in total. The van der Waals surface area contributed by atoms with Crippen LogP contribution >= 0.6 is 0 Å². The molecule has 0 aliphatic carbocycles.